The second kappa shape index (κ2) is 9.46. The van der Waals surface area contributed by atoms with Gasteiger partial charge in [0.15, 0.2) is 0 Å². The standard InChI is InChI=1S/C20H30N2O4/c1-15(2)12-19(23)21-8-5-9-22(11-10-21)20(24)13-16-6-7-17(25-3)14-18(16)26-4/h6-7,14-15H,5,8-13H2,1-4H3. The molecule has 1 fully saturated rings. The summed E-state index contributed by atoms with van der Waals surface area (Å²) in [6.45, 7) is 6.70. The second-order valence-corrected chi connectivity index (χ2v) is 7.07. The van der Waals surface area contributed by atoms with E-state index in [2.05, 4.69) is 0 Å². The van der Waals surface area contributed by atoms with Crippen LogP contribution in [0.3, 0.4) is 0 Å². The molecule has 0 N–H and O–H groups in total. The molecule has 0 bridgehead atoms. The average molecular weight is 362 g/mol. The molecule has 1 aromatic rings. The maximum atomic E-state index is 12.7. The van der Waals surface area contributed by atoms with Gasteiger partial charge in [-0.1, -0.05) is 19.9 Å². The summed E-state index contributed by atoms with van der Waals surface area (Å²) in [6.07, 6.45) is 1.67. The highest BCUT2D eigenvalue weighted by atomic mass is 16.5. The number of carbonyl (C=O) groups excluding carboxylic acids is 2. The topological polar surface area (TPSA) is 59.1 Å². The maximum absolute atomic E-state index is 12.7. The van der Waals surface area contributed by atoms with E-state index in [1.807, 2.05) is 35.8 Å². The van der Waals surface area contributed by atoms with Crippen LogP contribution in [0.2, 0.25) is 0 Å². The fourth-order valence-corrected chi connectivity index (χ4v) is 3.17. The van der Waals surface area contributed by atoms with Crippen LogP contribution in [0.5, 0.6) is 11.5 Å². The van der Waals surface area contributed by atoms with E-state index >= 15 is 0 Å². The lowest BCUT2D eigenvalue weighted by Crippen LogP contribution is -2.38. The minimum absolute atomic E-state index is 0.0617. The van der Waals surface area contributed by atoms with Crippen LogP contribution >= 0.6 is 0 Å². The first-order valence-electron chi connectivity index (χ1n) is 9.21. The molecular weight excluding hydrogens is 332 g/mol. The number of amides is 2. The smallest absolute Gasteiger partial charge is 0.227 e. The van der Waals surface area contributed by atoms with Crippen LogP contribution in [0.1, 0.15) is 32.3 Å². The lowest BCUT2D eigenvalue weighted by Gasteiger charge is -2.23. The van der Waals surface area contributed by atoms with Crippen LogP contribution in [-0.4, -0.2) is 62.0 Å². The van der Waals surface area contributed by atoms with Crippen molar-refractivity contribution >= 4 is 11.8 Å². The van der Waals surface area contributed by atoms with Crippen molar-refractivity contribution in [3.05, 3.63) is 23.8 Å². The monoisotopic (exact) mass is 362 g/mol. The van der Waals surface area contributed by atoms with Crippen LogP contribution < -0.4 is 9.47 Å². The average Bonchev–Trinajstić information content (AvgIpc) is 2.87. The Morgan fingerprint density at radius 2 is 1.65 bits per heavy atom. The summed E-state index contributed by atoms with van der Waals surface area (Å²) in [6, 6.07) is 5.49. The molecule has 0 aliphatic carbocycles. The summed E-state index contributed by atoms with van der Waals surface area (Å²) < 4.78 is 10.6. The van der Waals surface area contributed by atoms with Crippen molar-refractivity contribution in [1.82, 2.24) is 9.80 Å². The second-order valence-electron chi connectivity index (χ2n) is 7.07. The van der Waals surface area contributed by atoms with Gasteiger partial charge in [-0.25, -0.2) is 0 Å². The SMILES string of the molecule is COc1ccc(CC(=O)N2CCCN(C(=O)CC(C)C)CC2)c(OC)c1. The lowest BCUT2D eigenvalue weighted by molar-refractivity contribution is -0.133. The van der Waals surface area contributed by atoms with E-state index in [1.54, 1.807) is 20.3 Å². The first kappa shape index (κ1) is 20.1. The molecule has 0 radical (unpaired) electrons. The summed E-state index contributed by atoms with van der Waals surface area (Å²) in [4.78, 5) is 28.7. The first-order valence-corrected chi connectivity index (χ1v) is 9.21. The van der Waals surface area contributed by atoms with Crippen LogP contribution in [-0.2, 0) is 16.0 Å². The van der Waals surface area contributed by atoms with Gasteiger partial charge in [0.1, 0.15) is 11.5 Å². The highest BCUT2D eigenvalue weighted by molar-refractivity contribution is 5.80. The van der Waals surface area contributed by atoms with E-state index in [4.69, 9.17) is 9.47 Å². The number of hydrogen-bond acceptors (Lipinski definition) is 4. The molecule has 1 aliphatic heterocycles. The number of nitrogens with zero attached hydrogens (tertiary/aromatic N) is 2. The molecule has 0 spiro atoms. The fraction of sp³-hybridized carbons (Fsp3) is 0.600. The summed E-state index contributed by atoms with van der Waals surface area (Å²) in [7, 11) is 3.19. The lowest BCUT2D eigenvalue weighted by atomic mass is 10.1. The van der Waals surface area contributed by atoms with E-state index in [9.17, 15) is 9.59 Å². The third-order valence-electron chi connectivity index (χ3n) is 4.62. The van der Waals surface area contributed by atoms with Crippen molar-refractivity contribution in [2.24, 2.45) is 5.92 Å². The summed E-state index contributed by atoms with van der Waals surface area (Å²) >= 11 is 0. The number of benzene rings is 1. The number of methoxy groups -OCH3 is 2. The zero-order chi connectivity index (χ0) is 19.1. The Morgan fingerprint density at radius 1 is 1.00 bits per heavy atom. The van der Waals surface area contributed by atoms with Crippen molar-refractivity contribution in [2.45, 2.75) is 33.1 Å². The molecule has 0 aromatic heterocycles. The van der Waals surface area contributed by atoms with Crippen LogP contribution in [0.15, 0.2) is 18.2 Å². The zero-order valence-electron chi connectivity index (χ0n) is 16.3. The molecule has 0 saturated carbocycles. The highest BCUT2D eigenvalue weighted by Crippen LogP contribution is 2.25. The minimum Gasteiger partial charge on any atom is -0.497 e. The van der Waals surface area contributed by atoms with Crippen molar-refractivity contribution in [1.29, 1.82) is 0 Å². The Bertz CT molecular complexity index is 630. The van der Waals surface area contributed by atoms with Gasteiger partial charge in [-0.05, 0) is 18.4 Å². The molecule has 144 valence electrons. The summed E-state index contributed by atoms with van der Waals surface area (Å²) in [5.41, 5.74) is 0.843. The molecule has 2 rings (SSSR count). The number of ether oxygens (including phenoxy) is 2. The Labute approximate surface area is 156 Å². The number of carbonyl (C=O) groups is 2. The van der Waals surface area contributed by atoms with Crippen LogP contribution in [0, 0.1) is 5.92 Å². The molecule has 26 heavy (non-hydrogen) atoms. The van der Waals surface area contributed by atoms with Gasteiger partial charge in [0.25, 0.3) is 0 Å². The molecule has 6 nitrogen and oxygen atoms in total. The van der Waals surface area contributed by atoms with Crippen LogP contribution in [0.4, 0.5) is 0 Å². The molecule has 1 saturated heterocycles. The van der Waals surface area contributed by atoms with Crippen molar-refractivity contribution in [3.8, 4) is 11.5 Å². The van der Waals surface area contributed by atoms with Crippen molar-refractivity contribution in [3.63, 3.8) is 0 Å². The molecule has 0 atom stereocenters. The molecule has 1 heterocycles. The third kappa shape index (κ3) is 5.38. The Morgan fingerprint density at radius 3 is 2.23 bits per heavy atom. The molecule has 2 amide bonds. The van der Waals surface area contributed by atoms with E-state index in [0.29, 0.717) is 43.5 Å². The van der Waals surface area contributed by atoms with Gasteiger partial charge in [-0.3, -0.25) is 9.59 Å². The fourth-order valence-electron chi connectivity index (χ4n) is 3.17. The maximum Gasteiger partial charge on any atom is 0.227 e. The van der Waals surface area contributed by atoms with Crippen molar-refractivity contribution in [2.75, 3.05) is 40.4 Å². The first-order chi connectivity index (χ1) is 12.4. The van der Waals surface area contributed by atoms with E-state index in [-0.39, 0.29) is 18.2 Å². The Hall–Kier alpha value is -2.24. The third-order valence-corrected chi connectivity index (χ3v) is 4.62. The molecule has 6 heteroatoms. The molecule has 1 aliphatic rings. The molecular formula is C20H30N2O4. The molecule has 0 unspecified atom stereocenters. The minimum atomic E-state index is 0.0617. The predicted octanol–water partition coefficient (Wildman–Crippen LogP) is 2.35. The Balaban J connectivity index is 1.97. The van der Waals surface area contributed by atoms with Gasteiger partial charge in [0, 0.05) is 44.2 Å². The van der Waals surface area contributed by atoms with Gasteiger partial charge in [-0.15, -0.1) is 0 Å². The van der Waals surface area contributed by atoms with Gasteiger partial charge >= 0.3 is 0 Å². The number of hydrogen-bond donors (Lipinski definition) is 0. The summed E-state index contributed by atoms with van der Waals surface area (Å²) in [5.74, 6) is 1.96. The highest BCUT2D eigenvalue weighted by Gasteiger charge is 2.23. The summed E-state index contributed by atoms with van der Waals surface area (Å²) in [5, 5.41) is 0. The number of rotatable bonds is 6. The quantitative estimate of drug-likeness (QED) is 0.779. The van der Waals surface area contributed by atoms with E-state index < -0.39 is 0 Å². The predicted molar refractivity (Wildman–Crippen MR) is 100 cm³/mol. The largest absolute Gasteiger partial charge is 0.497 e. The molecule has 1 aromatic carbocycles. The van der Waals surface area contributed by atoms with Gasteiger partial charge in [0.05, 0.1) is 20.6 Å². The Kier molecular flexibility index (Phi) is 7.30. The van der Waals surface area contributed by atoms with Crippen molar-refractivity contribution < 1.29 is 19.1 Å². The normalized spacial score (nSPS) is 15.0. The zero-order valence-corrected chi connectivity index (χ0v) is 16.3. The van der Waals surface area contributed by atoms with Gasteiger partial charge < -0.3 is 19.3 Å². The van der Waals surface area contributed by atoms with Gasteiger partial charge in [-0.2, -0.15) is 0 Å². The van der Waals surface area contributed by atoms with E-state index in [1.165, 1.54) is 0 Å². The van der Waals surface area contributed by atoms with Crippen LogP contribution in [0.25, 0.3) is 0 Å². The van der Waals surface area contributed by atoms with E-state index in [0.717, 1.165) is 18.5 Å². The van der Waals surface area contributed by atoms with Gasteiger partial charge in [0.2, 0.25) is 11.8 Å².